The molecule has 0 spiro atoms. The highest BCUT2D eigenvalue weighted by Gasteiger charge is 2.50. The fraction of sp³-hybridized carbons (Fsp3) is 0.429. The van der Waals surface area contributed by atoms with Crippen molar-refractivity contribution in [3.05, 3.63) is 58.1 Å². The smallest absolute Gasteiger partial charge is 0.282 e. The van der Waals surface area contributed by atoms with Crippen LogP contribution in [-0.4, -0.2) is 30.0 Å². The minimum absolute atomic E-state index is 0.0510. The molecule has 0 aromatic heterocycles. The van der Waals surface area contributed by atoms with E-state index < -0.39 is 10.0 Å². The first-order valence-electron chi connectivity index (χ1n) is 10.1. The maximum Gasteiger partial charge on any atom is 0.282 e. The molecular formula is C21H24ClN3O4S2. The van der Waals surface area contributed by atoms with Crippen LogP contribution in [0.2, 0.25) is 0 Å². The number of rotatable bonds is 5. The first kappa shape index (κ1) is 22.4. The first-order chi connectivity index (χ1) is 14.6. The van der Waals surface area contributed by atoms with Crippen molar-refractivity contribution in [2.24, 2.45) is 17.0 Å². The van der Waals surface area contributed by atoms with Gasteiger partial charge in [0.25, 0.3) is 5.69 Å². The van der Waals surface area contributed by atoms with Gasteiger partial charge in [0, 0.05) is 29.0 Å². The zero-order valence-corrected chi connectivity index (χ0v) is 19.5. The maximum absolute atomic E-state index is 11.9. The molecule has 3 N–H and O–H groups in total. The van der Waals surface area contributed by atoms with E-state index in [0.717, 1.165) is 17.7 Å². The number of nitro groups is 1. The summed E-state index contributed by atoms with van der Waals surface area (Å²) >= 11 is 8.43. The molecule has 1 heterocycles. The van der Waals surface area contributed by atoms with E-state index in [2.05, 4.69) is 19.2 Å². The summed E-state index contributed by atoms with van der Waals surface area (Å²) in [6.45, 7) is 4.29. The molecule has 0 unspecified atom stereocenters. The number of benzene rings is 2. The fourth-order valence-electron chi connectivity index (χ4n) is 4.84. The largest absolute Gasteiger partial charge is 0.382 e. The lowest BCUT2D eigenvalue weighted by atomic mass is 9.76. The van der Waals surface area contributed by atoms with E-state index >= 15 is 0 Å². The van der Waals surface area contributed by atoms with Crippen molar-refractivity contribution in [2.45, 2.75) is 52.6 Å². The highest BCUT2D eigenvalue weighted by Crippen LogP contribution is 2.56. The van der Waals surface area contributed by atoms with Gasteiger partial charge in [0.1, 0.15) is 0 Å². The van der Waals surface area contributed by atoms with E-state index in [1.165, 1.54) is 23.9 Å². The number of nitrogens with two attached hydrogens (primary N) is 1. The molecule has 0 radical (unpaired) electrons. The van der Waals surface area contributed by atoms with Crippen molar-refractivity contribution in [1.82, 2.24) is 0 Å². The molecule has 1 fully saturated rings. The molecule has 0 saturated heterocycles. The number of sulfonamides is 1. The predicted molar refractivity (Wildman–Crippen MR) is 123 cm³/mol. The van der Waals surface area contributed by atoms with Gasteiger partial charge in [0.05, 0.1) is 20.1 Å². The van der Waals surface area contributed by atoms with Gasteiger partial charge in [-0.1, -0.05) is 26.0 Å². The lowest BCUT2D eigenvalue weighted by molar-refractivity contribution is -0.387. The minimum atomic E-state index is -3.84. The van der Waals surface area contributed by atoms with Gasteiger partial charge in [0.15, 0.2) is 0 Å². The molecule has 166 valence electrons. The van der Waals surface area contributed by atoms with E-state index in [4.69, 9.17) is 16.7 Å². The van der Waals surface area contributed by atoms with E-state index in [1.807, 2.05) is 0 Å². The summed E-state index contributed by atoms with van der Waals surface area (Å²) in [6.07, 6.45) is 0.768. The summed E-state index contributed by atoms with van der Waals surface area (Å²) < 4.78 is 23.9. The number of primary sulfonamides is 1. The SMILES string of the molecule is CC(C)[C@@H]1Nc2ccc(S(N)(=O)=O)cc2[C@@H]2[C@H](Cl)[C@@H](Sc3ccccc3[N+](=O)[O-])C[C@H]21. The Bertz CT molecular complexity index is 1130. The molecule has 0 bridgehead atoms. The number of nitrogens with one attached hydrogen (secondary N) is 1. The number of nitrogens with zero attached hydrogens (tertiary/aromatic N) is 1. The van der Waals surface area contributed by atoms with Gasteiger partial charge in [-0.15, -0.1) is 23.4 Å². The Balaban J connectivity index is 1.73. The van der Waals surface area contributed by atoms with Gasteiger partial charge in [-0.2, -0.15) is 0 Å². The van der Waals surface area contributed by atoms with Crippen molar-refractivity contribution in [2.75, 3.05) is 5.32 Å². The Morgan fingerprint density at radius 1 is 1.26 bits per heavy atom. The Hall–Kier alpha value is -1.81. The Morgan fingerprint density at radius 3 is 2.61 bits per heavy atom. The third-order valence-electron chi connectivity index (χ3n) is 6.22. The summed E-state index contributed by atoms with van der Waals surface area (Å²) in [7, 11) is -3.84. The van der Waals surface area contributed by atoms with Crippen molar-refractivity contribution in [3.63, 3.8) is 0 Å². The molecule has 10 heteroatoms. The monoisotopic (exact) mass is 481 g/mol. The number of halogens is 1. The van der Waals surface area contributed by atoms with Gasteiger partial charge < -0.3 is 5.32 Å². The van der Waals surface area contributed by atoms with Crippen LogP contribution in [0.4, 0.5) is 11.4 Å². The van der Waals surface area contributed by atoms with Crippen molar-refractivity contribution in [3.8, 4) is 0 Å². The molecule has 1 aliphatic carbocycles. The van der Waals surface area contributed by atoms with E-state index in [1.54, 1.807) is 30.3 Å². The number of hydrogen-bond donors (Lipinski definition) is 2. The average Bonchev–Trinajstić information content (AvgIpc) is 3.02. The summed E-state index contributed by atoms with van der Waals surface area (Å²) in [4.78, 5) is 11.7. The molecule has 4 rings (SSSR count). The summed E-state index contributed by atoms with van der Waals surface area (Å²) in [5.41, 5.74) is 1.79. The highest BCUT2D eigenvalue weighted by molar-refractivity contribution is 8.00. The van der Waals surface area contributed by atoms with E-state index in [-0.39, 0.29) is 44.0 Å². The molecule has 1 aliphatic heterocycles. The normalized spacial score (nSPS) is 27.5. The molecular weight excluding hydrogens is 458 g/mol. The van der Waals surface area contributed by atoms with Crippen molar-refractivity contribution >= 4 is 44.8 Å². The van der Waals surface area contributed by atoms with Gasteiger partial charge in [-0.3, -0.25) is 10.1 Å². The van der Waals surface area contributed by atoms with Gasteiger partial charge in [-0.05, 0) is 48.1 Å². The van der Waals surface area contributed by atoms with Crippen LogP contribution in [0.1, 0.15) is 31.7 Å². The molecule has 2 aliphatic rings. The molecule has 31 heavy (non-hydrogen) atoms. The Kier molecular flexibility index (Phi) is 5.97. The second kappa shape index (κ2) is 8.27. The quantitative estimate of drug-likeness (QED) is 0.367. The molecule has 1 saturated carbocycles. The molecule has 2 aromatic carbocycles. The van der Waals surface area contributed by atoms with Gasteiger partial charge >= 0.3 is 0 Å². The Morgan fingerprint density at radius 2 is 1.97 bits per heavy atom. The summed E-state index contributed by atoms with van der Waals surface area (Å²) in [5.74, 6) is 0.426. The van der Waals surface area contributed by atoms with Crippen LogP contribution in [0, 0.1) is 22.0 Å². The molecule has 0 amide bonds. The van der Waals surface area contributed by atoms with Crippen LogP contribution >= 0.6 is 23.4 Å². The predicted octanol–water partition coefficient (Wildman–Crippen LogP) is 4.56. The number of alkyl halides is 1. The third-order valence-corrected chi connectivity index (χ3v) is 9.24. The van der Waals surface area contributed by atoms with Gasteiger partial charge in [0.2, 0.25) is 10.0 Å². The Labute approximate surface area is 190 Å². The fourth-order valence-corrected chi connectivity index (χ4v) is 7.33. The van der Waals surface area contributed by atoms with Crippen molar-refractivity contribution < 1.29 is 13.3 Å². The number of hydrogen-bond acceptors (Lipinski definition) is 6. The number of fused-ring (bicyclic) bond motifs is 3. The highest BCUT2D eigenvalue weighted by atomic mass is 35.5. The van der Waals surface area contributed by atoms with Crippen molar-refractivity contribution in [1.29, 1.82) is 0 Å². The number of nitro benzene ring substituents is 1. The first-order valence-corrected chi connectivity index (χ1v) is 12.9. The van der Waals surface area contributed by atoms with Crippen LogP contribution in [0.15, 0.2) is 52.3 Å². The third kappa shape index (κ3) is 4.16. The molecule has 5 atom stereocenters. The maximum atomic E-state index is 11.9. The number of anilines is 1. The topological polar surface area (TPSA) is 115 Å². The summed E-state index contributed by atoms with van der Waals surface area (Å²) in [5, 5.41) is 20.0. The standard InChI is InChI=1S/C21H24ClN3O4S2/c1-11(2)21-14-10-18(30-17-6-4-3-5-16(17)25(26)27)20(22)19(14)13-9-12(31(23,28)29)7-8-15(13)24-21/h3-9,11,14,18-21,24H,10H2,1-2H3,(H2,23,28,29)/t14-,18+,19+,20-,21+/m1/s1. The average molecular weight is 482 g/mol. The molecule has 2 aromatic rings. The number of para-hydroxylation sites is 1. The van der Waals surface area contributed by atoms with Crippen LogP contribution < -0.4 is 10.5 Å². The van der Waals surface area contributed by atoms with Crippen LogP contribution in [0.3, 0.4) is 0 Å². The minimum Gasteiger partial charge on any atom is -0.382 e. The van der Waals surface area contributed by atoms with E-state index in [9.17, 15) is 18.5 Å². The lowest BCUT2D eigenvalue weighted by Gasteiger charge is -2.40. The van der Waals surface area contributed by atoms with Gasteiger partial charge in [-0.25, -0.2) is 13.6 Å². The van der Waals surface area contributed by atoms with Crippen LogP contribution in [0.25, 0.3) is 0 Å². The van der Waals surface area contributed by atoms with E-state index in [0.29, 0.717) is 10.8 Å². The second-order valence-corrected chi connectivity index (χ2v) is 11.8. The number of thioether (sulfide) groups is 1. The van der Waals surface area contributed by atoms with Crippen LogP contribution in [0.5, 0.6) is 0 Å². The second-order valence-electron chi connectivity index (χ2n) is 8.46. The zero-order chi connectivity index (χ0) is 22.5. The lowest BCUT2D eigenvalue weighted by Crippen LogP contribution is -2.40. The van der Waals surface area contributed by atoms with Crippen LogP contribution in [-0.2, 0) is 10.0 Å². The molecule has 7 nitrogen and oxygen atoms in total. The zero-order valence-electron chi connectivity index (χ0n) is 17.1. The summed E-state index contributed by atoms with van der Waals surface area (Å²) in [6, 6.07) is 11.7.